The first-order chi connectivity index (χ1) is 8.84. The van der Waals surface area contributed by atoms with Crippen LogP contribution in [-0.2, 0) is 6.61 Å². The molecule has 5 heteroatoms. The molecule has 0 aliphatic heterocycles. The Balaban J connectivity index is 2.55. The van der Waals surface area contributed by atoms with Crippen LogP contribution in [0.5, 0.6) is 0 Å². The summed E-state index contributed by atoms with van der Waals surface area (Å²) in [6.45, 7) is 2.30. The standard InChI is InChI=1S/C14H22N2O3/c1-14(19,10-16(2)3)9-15-13(18)12-6-4-11(8-17)5-7-12/h4-7,17,19H,8-10H2,1-3H3,(H,15,18). The number of rotatable bonds is 6. The summed E-state index contributed by atoms with van der Waals surface area (Å²) in [6.07, 6.45) is 0. The van der Waals surface area contributed by atoms with Crippen molar-refractivity contribution in [1.82, 2.24) is 10.2 Å². The van der Waals surface area contributed by atoms with Crippen molar-refractivity contribution in [2.45, 2.75) is 19.1 Å². The second-order valence-electron chi connectivity index (χ2n) is 5.27. The zero-order valence-corrected chi connectivity index (χ0v) is 11.7. The van der Waals surface area contributed by atoms with E-state index in [9.17, 15) is 9.90 Å². The van der Waals surface area contributed by atoms with Crippen LogP contribution in [-0.4, -0.2) is 53.8 Å². The minimum atomic E-state index is -0.968. The number of hydrogen-bond donors (Lipinski definition) is 3. The molecule has 0 spiro atoms. The molecule has 1 atom stereocenters. The van der Waals surface area contributed by atoms with Crippen molar-refractivity contribution < 1.29 is 15.0 Å². The normalized spacial score (nSPS) is 14.2. The van der Waals surface area contributed by atoms with E-state index >= 15 is 0 Å². The second-order valence-corrected chi connectivity index (χ2v) is 5.27. The fraction of sp³-hybridized carbons (Fsp3) is 0.500. The lowest BCUT2D eigenvalue weighted by molar-refractivity contribution is 0.0326. The Bertz CT molecular complexity index is 413. The second kappa shape index (κ2) is 6.65. The van der Waals surface area contributed by atoms with Crippen LogP contribution in [0.1, 0.15) is 22.8 Å². The Morgan fingerprint density at radius 3 is 2.37 bits per heavy atom. The van der Waals surface area contributed by atoms with Gasteiger partial charge in [-0.1, -0.05) is 12.1 Å². The third-order valence-electron chi connectivity index (χ3n) is 2.69. The van der Waals surface area contributed by atoms with Gasteiger partial charge in [0, 0.05) is 18.7 Å². The fourth-order valence-corrected chi connectivity index (χ4v) is 1.87. The van der Waals surface area contributed by atoms with Gasteiger partial charge in [0.1, 0.15) is 0 Å². The molecule has 5 nitrogen and oxygen atoms in total. The molecule has 0 aromatic heterocycles. The van der Waals surface area contributed by atoms with Gasteiger partial charge in [-0.15, -0.1) is 0 Å². The SMILES string of the molecule is CN(C)CC(C)(O)CNC(=O)c1ccc(CO)cc1. The molecule has 19 heavy (non-hydrogen) atoms. The highest BCUT2D eigenvalue weighted by atomic mass is 16.3. The van der Waals surface area contributed by atoms with E-state index < -0.39 is 5.60 Å². The number of amides is 1. The minimum Gasteiger partial charge on any atom is -0.392 e. The average molecular weight is 266 g/mol. The van der Waals surface area contributed by atoms with E-state index in [4.69, 9.17) is 5.11 Å². The molecule has 0 bridgehead atoms. The number of nitrogens with zero attached hydrogens (tertiary/aromatic N) is 1. The number of carbonyl (C=O) groups excluding carboxylic acids is 1. The summed E-state index contributed by atoms with van der Waals surface area (Å²) in [5, 5.41) is 21.7. The van der Waals surface area contributed by atoms with E-state index in [2.05, 4.69) is 5.32 Å². The van der Waals surface area contributed by atoms with Crippen molar-refractivity contribution >= 4 is 5.91 Å². The van der Waals surface area contributed by atoms with Crippen LogP contribution in [0.4, 0.5) is 0 Å². The quantitative estimate of drug-likeness (QED) is 0.689. The Morgan fingerprint density at radius 2 is 1.89 bits per heavy atom. The first-order valence-electron chi connectivity index (χ1n) is 6.19. The minimum absolute atomic E-state index is 0.0422. The summed E-state index contributed by atoms with van der Waals surface area (Å²) < 4.78 is 0. The zero-order valence-electron chi connectivity index (χ0n) is 11.7. The lowest BCUT2D eigenvalue weighted by Gasteiger charge is -2.27. The van der Waals surface area contributed by atoms with Gasteiger partial charge in [-0.2, -0.15) is 0 Å². The molecule has 1 rings (SSSR count). The lowest BCUT2D eigenvalue weighted by atomic mass is 10.1. The smallest absolute Gasteiger partial charge is 0.251 e. The van der Waals surface area contributed by atoms with Crippen LogP contribution in [0, 0.1) is 0 Å². The van der Waals surface area contributed by atoms with Gasteiger partial charge in [-0.25, -0.2) is 0 Å². The Labute approximate surface area is 113 Å². The number of nitrogens with one attached hydrogen (secondary N) is 1. The van der Waals surface area contributed by atoms with E-state index in [1.807, 2.05) is 19.0 Å². The molecule has 0 saturated heterocycles. The zero-order chi connectivity index (χ0) is 14.5. The van der Waals surface area contributed by atoms with Gasteiger partial charge in [0.05, 0.1) is 12.2 Å². The Hall–Kier alpha value is -1.43. The molecule has 1 aromatic carbocycles. The maximum atomic E-state index is 11.9. The van der Waals surface area contributed by atoms with Gasteiger partial charge in [0.2, 0.25) is 0 Å². The van der Waals surface area contributed by atoms with E-state index in [0.717, 1.165) is 5.56 Å². The van der Waals surface area contributed by atoms with E-state index in [-0.39, 0.29) is 19.1 Å². The Kier molecular flexibility index (Phi) is 5.47. The van der Waals surface area contributed by atoms with E-state index in [1.54, 1.807) is 31.2 Å². The number of benzene rings is 1. The molecule has 1 unspecified atom stereocenters. The molecule has 0 aliphatic rings. The summed E-state index contributed by atoms with van der Waals surface area (Å²) in [7, 11) is 3.73. The monoisotopic (exact) mass is 266 g/mol. The third kappa shape index (κ3) is 5.38. The van der Waals surface area contributed by atoms with Crippen molar-refractivity contribution in [2.24, 2.45) is 0 Å². The van der Waals surface area contributed by atoms with Crippen LogP contribution in [0.25, 0.3) is 0 Å². The van der Waals surface area contributed by atoms with E-state index in [0.29, 0.717) is 12.1 Å². The van der Waals surface area contributed by atoms with Gasteiger partial charge in [-0.3, -0.25) is 4.79 Å². The maximum Gasteiger partial charge on any atom is 0.251 e. The maximum absolute atomic E-state index is 11.9. The summed E-state index contributed by atoms with van der Waals surface area (Å²) >= 11 is 0. The molecule has 3 N–H and O–H groups in total. The molecular formula is C14H22N2O3. The summed E-state index contributed by atoms with van der Waals surface area (Å²) in [5.41, 5.74) is 0.304. The molecular weight excluding hydrogens is 244 g/mol. The van der Waals surface area contributed by atoms with Gasteiger partial charge >= 0.3 is 0 Å². The van der Waals surface area contributed by atoms with Crippen LogP contribution in [0.15, 0.2) is 24.3 Å². The molecule has 0 saturated carbocycles. The largest absolute Gasteiger partial charge is 0.392 e. The number of likely N-dealkylation sites (N-methyl/N-ethyl adjacent to an activating group) is 1. The van der Waals surface area contributed by atoms with Gasteiger partial charge < -0.3 is 20.4 Å². The average Bonchev–Trinajstić information content (AvgIpc) is 2.34. The van der Waals surface area contributed by atoms with Gasteiger partial charge in [0.15, 0.2) is 0 Å². The highest BCUT2D eigenvalue weighted by Crippen LogP contribution is 2.06. The summed E-state index contributed by atoms with van der Waals surface area (Å²) in [4.78, 5) is 13.7. The number of aliphatic hydroxyl groups excluding tert-OH is 1. The highest BCUT2D eigenvalue weighted by Gasteiger charge is 2.22. The number of aliphatic hydroxyl groups is 2. The van der Waals surface area contributed by atoms with E-state index in [1.165, 1.54) is 0 Å². The Morgan fingerprint density at radius 1 is 1.32 bits per heavy atom. The predicted octanol–water partition coefficient (Wildman–Crippen LogP) is 0.221. The van der Waals surface area contributed by atoms with Gasteiger partial charge in [-0.05, 0) is 38.7 Å². The first kappa shape index (κ1) is 15.6. The lowest BCUT2D eigenvalue weighted by Crippen LogP contribution is -2.47. The van der Waals surface area contributed by atoms with Crippen molar-refractivity contribution in [2.75, 3.05) is 27.2 Å². The molecule has 0 fully saturated rings. The molecule has 1 amide bonds. The first-order valence-corrected chi connectivity index (χ1v) is 6.19. The molecule has 106 valence electrons. The summed E-state index contributed by atoms with van der Waals surface area (Å²) in [6, 6.07) is 6.71. The van der Waals surface area contributed by atoms with Crippen molar-refractivity contribution in [3.63, 3.8) is 0 Å². The van der Waals surface area contributed by atoms with Crippen LogP contribution >= 0.6 is 0 Å². The van der Waals surface area contributed by atoms with Crippen molar-refractivity contribution in [3.05, 3.63) is 35.4 Å². The van der Waals surface area contributed by atoms with Crippen LogP contribution < -0.4 is 5.32 Å². The van der Waals surface area contributed by atoms with Crippen molar-refractivity contribution in [3.8, 4) is 0 Å². The topological polar surface area (TPSA) is 72.8 Å². The number of hydrogen-bond acceptors (Lipinski definition) is 4. The third-order valence-corrected chi connectivity index (χ3v) is 2.69. The molecule has 0 aliphatic carbocycles. The number of carbonyl (C=O) groups is 1. The molecule has 0 radical (unpaired) electrons. The van der Waals surface area contributed by atoms with Crippen molar-refractivity contribution in [1.29, 1.82) is 0 Å². The molecule has 1 aromatic rings. The predicted molar refractivity (Wildman–Crippen MR) is 73.9 cm³/mol. The summed E-state index contributed by atoms with van der Waals surface area (Å²) in [5.74, 6) is -0.233. The van der Waals surface area contributed by atoms with Crippen LogP contribution in [0.3, 0.4) is 0 Å². The van der Waals surface area contributed by atoms with Crippen LogP contribution in [0.2, 0.25) is 0 Å². The molecule has 0 heterocycles. The van der Waals surface area contributed by atoms with Gasteiger partial charge in [0.25, 0.3) is 5.91 Å². The highest BCUT2D eigenvalue weighted by molar-refractivity contribution is 5.94. The fourth-order valence-electron chi connectivity index (χ4n) is 1.87.